The van der Waals surface area contributed by atoms with Crippen LogP contribution in [-0.2, 0) is 11.3 Å². The number of halogens is 1. The molecule has 1 heterocycles. The summed E-state index contributed by atoms with van der Waals surface area (Å²) >= 11 is 1.35. The van der Waals surface area contributed by atoms with Crippen LogP contribution in [0.25, 0.3) is 10.6 Å². The Balaban J connectivity index is 2.04. The normalized spacial score (nSPS) is 12.3. The monoisotopic (exact) mass is 308 g/mol. The molecule has 0 aliphatic carbocycles. The third kappa shape index (κ3) is 4.09. The fourth-order valence-electron chi connectivity index (χ4n) is 1.98. The van der Waals surface area contributed by atoms with Crippen LogP contribution in [0.2, 0.25) is 0 Å². The molecule has 0 spiro atoms. The molecule has 0 aliphatic heterocycles. The van der Waals surface area contributed by atoms with Gasteiger partial charge in [-0.25, -0.2) is 9.37 Å². The van der Waals surface area contributed by atoms with Crippen molar-refractivity contribution in [3.05, 3.63) is 41.2 Å². The number of benzene rings is 1. The molecule has 0 bridgehead atoms. The van der Waals surface area contributed by atoms with Gasteiger partial charge in [0.15, 0.2) is 0 Å². The van der Waals surface area contributed by atoms with Crippen molar-refractivity contribution in [2.24, 2.45) is 0 Å². The van der Waals surface area contributed by atoms with E-state index in [1.807, 2.05) is 12.3 Å². The SMILES string of the molecule is CCCC(NCc1csc(-c2ccccc2F)n1)C(=O)O. The zero-order valence-electron chi connectivity index (χ0n) is 11.7. The number of nitrogens with zero attached hydrogens (tertiary/aromatic N) is 1. The molecule has 2 N–H and O–H groups in total. The van der Waals surface area contributed by atoms with Crippen molar-refractivity contribution < 1.29 is 14.3 Å². The summed E-state index contributed by atoms with van der Waals surface area (Å²) in [7, 11) is 0. The standard InChI is InChI=1S/C15H17FN2O2S/c1-2-5-13(15(19)20)17-8-10-9-21-14(18-10)11-6-3-4-7-12(11)16/h3-4,6-7,9,13,17H,2,5,8H2,1H3,(H,19,20). The van der Waals surface area contributed by atoms with E-state index >= 15 is 0 Å². The Morgan fingerprint density at radius 3 is 2.90 bits per heavy atom. The first kappa shape index (κ1) is 15.6. The number of hydrogen-bond acceptors (Lipinski definition) is 4. The van der Waals surface area contributed by atoms with E-state index in [1.165, 1.54) is 17.4 Å². The second-order valence-electron chi connectivity index (χ2n) is 4.68. The lowest BCUT2D eigenvalue weighted by Gasteiger charge is -2.11. The summed E-state index contributed by atoms with van der Waals surface area (Å²) in [5, 5.41) is 14.5. The van der Waals surface area contributed by atoms with Gasteiger partial charge < -0.3 is 5.11 Å². The first-order chi connectivity index (χ1) is 10.1. The Morgan fingerprint density at radius 2 is 2.24 bits per heavy atom. The number of carbonyl (C=O) groups is 1. The van der Waals surface area contributed by atoms with Crippen molar-refractivity contribution in [3.8, 4) is 10.6 Å². The Labute approximate surface area is 126 Å². The van der Waals surface area contributed by atoms with Gasteiger partial charge in [0, 0.05) is 17.5 Å². The maximum absolute atomic E-state index is 13.7. The Hall–Kier alpha value is -1.79. The maximum atomic E-state index is 13.7. The molecule has 1 aromatic heterocycles. The van der Waals surface area contributed by atoms with Gasteiger partial charge in [-0.3, -0.25) is 10.1 Å². The van der Waals surface area contributed by atoms with Gasteiger partial charge in [-0.15, -0.1) is 11.3 Å². The number of carboxylic acids is 1. The van der Waals surface area contributed by atoms with Crippen LogP contribution in [0.4, 0.5) is 4.39 Å². The molecular weight excluding hydrogens is 291 g/mol. The lowest BCUT2D eigenvalue weighted by atomic mass is 10.1. The molecule has 0 radical (unpaired) electrons. The minimum atomic E-state index is -0.860. The average Bonchev–Trinajstić information content (AvgIpc) is 2.92. The fraction of sp³-hybridized carbons (Fsp3) is 0.333. The van der Waals surface area contributed by atoms with E-state index in [1.54, 1.807) is 18.2 Å². The lowest BCUT2D eigenvalue weighted by molar-refractivity contribution is -0.139. The van der Waals surface area contributed by atoms with E-state index in [2.05, 4.69) is 10.3 Å². The van der Waals surface area contributed by atoms with E-state index in [0.717, 1.165) is 12.1 Å². The molecule has 0 aliphatic rings. The molecule has 1 unspecified atom stereocenters. The highest BCUT2D eigenvalue weighted by molar-refractivity contribution is 7.13. The fourth-order valence-corrected chi connectivity index (χ4v) is 2.82. The summed E-state index contributed by atoms with van der Waals surface area (Å²) in [5.41, 5.74) is 1.19. The molecule has 0 amide bonds. The van der Waals surface area contributed by atoms with Gasteiger partial charge >= 0.3 is 5.97 Å². The molecule has 6 heteroatoms. The molecular formula is C15H17FN2O2S. The number of carboxylic acid groups (broad SMARTS) is 1. The van der Waals surface area contributed by atoms with Crippen LogP contribution in [0.1, 0.15) is 25.5 Å². The lowest BCUT2D eigenvalue weighted by Crippen LogP contribution is -2.36. The quantitative estimate of drug-likeness (QED) is 0.824. The summed E-state index contributed by atoms with van der Waals surface area (Å²) in [6.45, 7) is 2.30. The molecule has 4 nitrogen and oxygen atoms in total. The third-order valence-electron chi connectivity index (χ3n) is 3.06. The summed E-state index contributed by atoms with van der Waals surface area (Å²) in [6, 6.07) is 5.91. The summed E-state index contributed by atoms with van der Waals surface area (Å²) < 4.78 is 13.7. The summed E-state index contributed by atoms with van der Waals surface area (Å²) in [6.07, 6.45) is 1.36. The van der Waals surface area contributed by atoms with E-state index in [9.17, 15) is 9.18 Å². The van der Waals surface area contributed by atoms with Crippen molar-refractivity contribution in [1.29, 1.82) is 0 Å². The van der Waals surface area contributed by atoms with Gasteiger partial charge in [0.05, 0.1) is 5.69 Å². The average molecular weight is 308 g/mol. The van der Waals surface area contributed by atoms with Gasteiger partial charge in [0.25, 0.3) is 0 Å². The number of aromatic nitrogens is 1. The minimum absolute atomic E-state index is 0.305. The summed E-state index contributed by atoms with van der Waals surface area (Å²) in [4.78, 5) is 15.4. The second-order valence-corrected chi connectivity index (χ2v) is 5.54. The predicted octanol–water partition coefficient (Wildman–Crippen LogP) is 3.29. The van der Waals surface area contributed by atoms with Crippen molar-refractivity contribution in [3.63, 3.8) is 0 Å². The second kappa shape index (κ2) is 7.28. The third-order valence-corrected chi connectivity index (χ3v) is 3.99. The van der Waals surface area contributed by atoms with E-state index in [4.69, 9.17) is 5.11 Å². The Bertz CT molecular complexity index is 615. The van der Waals surface area contributed by atoms with E-state index < -0.39 is 12.0 Å². The number of rotatable bonds is 7. The van der Waals surface area contributed by atoms with Crippen molar-refractivity contribution in [1.82, 2.24) is 10.3 Å². The van der Waals surface area contributed by atoms with E-state index in [0.29, 0.717) is 23.5 Å². The van der Waals surface area contributed by atoms with Crippen LogP contribution < -0.4 is 5.32 Å². The smallest absolute Gasteiger partial charge is 0.320 e. The highest BCUT2D eigenvalue weighted by Gasteiger charge is 2.16. The van der Waals surface area contributed by atoms with Crippen LogP contribution in [0.5, 0.6) is 0 Å². The molecule has 0 fully saturated rings. The first-order valence-electron chi connectivity index (χ1n) is 6.77. The number of thiazole rings is 1. The van der Waals surface area contributed by atoms with Crippen LogP contribution in [0.15, 0.2) is 29.6 Å². The van der Waals surface area contributed by atoms with Crippen LogP contribution in [-0.4, -0.2) is 22.1 Å². The Kier molecular flexibility index (Phi) is 5.41. The molecule has 1 atom stereocenters. The van der Waals surface area contributed by atoms with Crippen LogP contribution >= 0.6 is 11.3 Å². The van der Waals surface area contributed by atoms with Crippen molar-refractivity contribution in [2.75, 3.05) is 0 Å². The molecule has 2 aromatic rings. The van der Waals surface area contributed by atoms with Gasteiger partial charge in [0.2, 0.25) is 0 Å². The van der Waals surface area contributed by atoms with Gasteiger partial charge in [-0.2, -0.15) is 0 Å². The van der Waals surface area contributed by atoms with Gasteiger partial charge in [0.1, 0.15) is 16.9 Å². The Morgan fingerprint density at radius 1 is 1.48 bits per heavy atom. The molecule has 1 aromatic carbocycles. The summed E-state index contributed by atoms with van der Waals surface area (Å²) in [5.74, 6) is -1.16. The highest BCUT2D eigenvalue weighted by Crippen LogP contribution is 2.26. The van der Waals surface area contributed by atoms with Gasteiger partial charge in [-0.1, -0.05) is 25.5 Å². The van der Waals surface area contributed by atoms with Gasteiger partial charge in [-0.05, 0) is 18.6 Å². The zero-order valence-corrected chi connectivity index (χ0v) is 12.5. The molecule has 2 rings (SSSR count). The van der Waals surface area contributed by atoms with Crippen LogP contribution in [0.3, 0.4) is 0 Å². The topological polar surface area (TPSA) is 62.2 Å². The maximum Gasteiger partial charge on any atom is 0.320 e. The molecule has 112 valence electrons. The highest BCUT2D eigenvalue weighted by atomic mass is 32.1. The van der Waals surface area contributed by atoms with Crippen molar-refractivity contribution >= 4 is 17.3 Å². The molecule has 21 heavy (non-hydrogen) atoms. The zero-order chi connectivity index (χ0) is 15.2. The molecule has 0 saturated carbocycles. The van der Waals surface area contributed by atoms with Crippen molar-refractivity contribution in [2.45, 2.75) is 32.4 Å². The van der Waals surface area contributed by atoms with E-state index in [-0.39, 0.29) is 5.82 Å². The molecule has 0 saturated heterocycles. The van der Waals surface area contributed by atoms with Crippen LogP contribution in [0, 0.1) is 5.82 Å². The predicted molar refractivity (Wildman–Crippen MR) is 80.7 cm³/mol. The number of nitrogens with one attached hydrogen (secondary N) is 1. The number of hydrogen-bond donors (Lipinski definition) is 2. The first-order valence-corrected chi connectivity index (χ1v) is 7.65. The number of aliphatic carboxylic acids is 1. The minimum Gasteiger partial charge on any atom is -0.480 e. The largest absolute Gasteiger partial charge is 0.480 e.